The highest BCUT2D eigenvalue weighted by Crippen LogP contribution is 2.52. The highest BCUT2D eigenvalue weighted by molar-refractivity contribution is 6.22. The maximum Gasteiger partial charge on any atom is 0.238 e. The minimum Gasteiger partial charge on any atom is -0.507 e. The lowest BCUT2D eigenvalue weighted by Gasteiger charge is -2.33. The van der Waals surface area contributed by atoms with E-state index in [1.807, 2.05) is 56.3 Å². The number of para-hydroxylation sites is 1. The van der Waals surface area contributed by atoms with Gasteiger partial charge in [0, 0.05) is 5.92 Å². The number of allylic oxidation sites excluding steroid dienone is 2. The molecule has 0 unspecified atom stereocenters. The second-order valence-electron chi connectivity index (χ2n) is 11.4. The second kappa shape index (κ2) is 10.5. The summed E-state index contributed by atoms with van der Waals surface area (Å²) in [5.41, 5.74) is 7.47. The third-order valence-electron chi connectivity index (χ3n) is 8.72. The van der Waals surface area contributed by atoms with Gasteiger partial charge in [-0.3, -0.25) is 14.5 Å². The molecule has 0 spiro atoms. The number of imide groups is 1. The van der Waals surface area contributed by atoms with E-state index >= 15 is 0 Å². The van der Waals surface area contributed by atoms with E-state index in [-0.39, 0.29) is 35.7 Å². The largest absolute Gasteiger partial charge is 0.507 e. The number of rotatable bonds is 7. The van der Waals surface area contributed by atoms with Crippen molar-refractivity contribution in [3.05, 3.63) is 75.9 Å². The van der Waals surface area contributed by atoms with Crippen molar-refractivity contribution < 1.29 is 19.4 Å². The summed E-state index contributed by atoms with van der Waals surface area (Å²) >= 11 is 0. The lowest BCUT2D eigenvalue weighted by molar-refractivity contribution is -0.122. The number of carbonyl (C=O) groups is 2. The number of hydrogen-bond acceptors (Lipinski definition) is 4. The summed E-state index contributed by atoms with van der Waals surface area (Å²) in [5, 5.41) is 10.1. The van der Waals surface area contributed by atoms with Crippen molar-refractivity contribution in [2.24, 2.45) is 23.7 Å². The molecule has 5 nitrogen and oxygen atoms in total. The highest BCUT2D eigenvalue weighted by atomic mass is 16.5. The number of phenolic OH excluding ortho intramolecular Hbond substituents is 1. The Morgan fingerprint density at radius 3 is 2.39 bits per heavy atom. The van der Waals surface area contributed by atoms with Gasteiger partial charge in [-0.25, -0.2) is 0 Å². The van der Waals surface area contributed by atoms with E-state index < -0.39 is 0 Å². The summed E-state index contributed by atoms with van der Waals surface area (Å²) in [6.07, 6.45) is 5.56. The highest BCUT2D eigenvalue weighted by Gasteiger charge is 2.57. The maximum absolute atomic E-state index is 13.7. The molecule has 2 heterocycles. The van der Waals surface area contributed by atoms with E-state index in [0.29, 0.717) is 30.4 Å². The van der Waals surface area contributed by atoms with Crippen molar-refractivity contribution in [2.75, 3.05) is 11.5 Å². The molecule has 0 aromatic heterocycles. The van der Waals surface area contributed by atoms with E-state index in [1.54, 1.807) is 0 Å². The quantitative estimate of drug-likeness (QED) is 0.328. The Bertz CT molecular complexity index is 1280. The molecule has 2 fully saturated rings. The first-order chi connectivity index (χ1) is 18.2. The fourth-order valence-electron chi connectivity index (χ4n) is 6.77. The van der Waals surface area contributed by atoms with E-state index in [0.717, 1.165) is 36.0 Å². The lowest BCUT2D eigenvalue weighted by Crippen LogP contribution is -2.35. The van der Waals surface area contributed by atoms with Crippen molar-refractivity contribution in [3.63, 3.8) is 0 Å². The smallest absolute Gasteiger partial charge is 0.238 e. The van der Waals surface area contributed by atoms with Crippen molar-refractivity contribution in [1.82, 2.24) is 0 Å². The molecule has 2 aromatic rings. The average Bonchev–Trinajstić information content (AvgIpc) is 3.43. The van der Waals surface area contributed by atoms with Crippen LogP contribution in [0, 0.1) is 37.5 Å². The van der Waals surface area contributed by atoms with Crippen LogP contribution in [0.15, 0.2) is 59.2 Å². The summed E-state index contributed by atoms with van der Waals surface area (Å²) in [4.78, 5) is 28.6. The molecule has 2 amide bonds. The summed E-state index contributed by atoms with van der Waals surface area (Å²) in [6, 6.07) is 13.4. The Morgan fingerprint density at radius 2 is 1.76 bits per heavy atom. The van der Waals surface area contributed by atoms with E-state index in [9.17, 15) is 14.7 Å². The van der Waals surface area contributed by atoms with Crippen LogP contribution < -0.4 is 4.90 Å². The molecule has 1 aliphatic carbocycles. The molecule has 38 heavy (non-hydrogen) atoms. The molecular weight excluding hydrogens is 474 g/mol. The number of nitrogens with zero attached hydrogens (tertiary/aromatic N) is 1. The number of fused-ring (bicyclic) bond motifs is 3. The molecule has 0 saturated carbocycles. The zero-order valence-corrected chi connectivity index (χ0v) is 23.2. The Kier molecular flexibility index (Phi) is 7.32. The normalized spacial score (nSPS) is 25.4. The van der Waals surface area contributed by atoms with E-state index in [2.05, 4.69) is 26.8 Å². The zero-order chi connectivity index (χ0) is 27.1. The second-order valence-corrected chi connectivity index (χ2v) is 11.4. The number of amides is 2. The van der Waals surface area contributed by atoms with Crippen LogP contribution in [-0.2, 0) is 14.3 Å². The minimum atomic E-state index is -0.339. The molecule has 200 valence electrons. The lowest BCUT2D eigenvalue weighted by atomic mass is 9.67. The number of aromatic hydroxyl groups is 1. The average molecular weight is 514 g/mol. The standard InChI is InChI=1S/C33H39NO4/c1-6-22(16-23-14-20(4)31(35)21(5)15-23)12-13-28-29-25(19(2)3)17-26-30(27(29)18-38-28)33(37)34(32(26)36)24-10-8-7-9-11-24/h7-11,14-16,19,26-28,30,35H,6,12-13,17-18H2,1-5H3/b22-16+/t26-,27+,28-,30-/m1/s1. The van der Waals surface area contributed by atoms with Crippen LogP contribution in [0.25, 0.3) is 6.08 Å². The number of phenols is 1. The Balaban J connectivity index is 1.39. The van der Waals surface area contributed by atoms with Gasteiger partial charge in [0.25, 0.3) is 0 Å². The predicted octanol–water partition coefficient (Wildman–Crippen LogP) is 6.76. The Hall–Kier alpha value is -3.18. The first-order valence-electron chi connectivity index (χ1n) is 14.0. The van der Waals surface area contributed by atoms with Gasteiger partial charge in [-0.15, -0.1) is 0 Å². The molecule has 5 rings (SSSR count). The number of aryl methyl sites for hydroxylation is 2. The van der Waals surface area contributed by atoms with E-state index in [1.165, 1.54) is 21.6 Å². The Labute approximate surface area is 226 Å². The summed E-state index contributed by atoms with van der Waals surface area (Å²) in [6.45, 7) is 10.9. The van der Waals surface area contributed by atoms with Crippen LogP contribution >= 0.6 is 0 Å². The van der Waals surface area contributed by atoms with Gasteiger partial charge in [0.15, 0.2) is 0 Å². The molecule has 2 aliphatic heterocycles. The number of carbonyl (C=O) groups excluding carboxylic acids is 2. The summed E-state index contributed by atoms with van der Waals surface area (Å²) in [5.74, 6) is -0.151. The number of ether oxygens (including phenoxy) is 1. The van der Waals surface area contributed by atoms with Crippen molar-refractivity contribution in [1.29, 1.82) is 0 Å². The van der Waals surface area contributed by atoms with Crippen LogP contribution in [0.5, 0.6) is 5.75 Å². The third kappa shape index (κ3) is 4.62. The van der Waals surface area contributed by atoms with Crippen LogP contribution in [0.3, 0.4) is 0 Å². The van der Waals surface area contributed by atoms with Crippen LogP contribution in [0.1, 0.15) is 63.1 Å². The molecular formula is C33H39NO4. The van der Waals surface area contributed by atoms with Gasteiger partial charge < -0.3 is 9.84 Å². The molecule has 5 heteroatoms. The topological polar surface area (TPSA) is 66.8 Å². The number of benzene rings is 2. The van der Waals surface area contributed by atoms with Crippen LogP contribution in [-0.4, -0.2) is 29.6 Å². The monoisotopic (exact) mass is 513 g/mol. The van der Waals surface area contributed by atoms with Gasteiger partial charge in [0.2, 0.25) is 11.8 Å². The SMILES string of the molecule is CC/C(=C\c1cc(C)c(O)c(C)c1)CC[C@H]1OC[C@H]2C1=C(C(C)C)C[C@H]1C(=O)N(c3ccccc3)C(=O)[C@H]12. The molecule has 4 atom stereocenters. The van der Waals surface area contributed by atoms with Gasteiger partial charge in [-0.1, -0.05) is 56.2 Å². The summed E-state index contributed by atoms with van der Waals surface area (Å²) < 4.78 is 6.41. The predicted molar refractivity (Wildman–Crippen MR) is 151 cm³/mol. The van der Waals surface area contributed by atoms with Crippen molar-refractivity contribution >= 4 is 23.6 Å². The molecule has 0 bridgehead atoms. The molecule has 2 saturated heterocycles. The number of hydrogen-bond donors (Lipinski definition) is 1. The van der Waals surface area contributed by atoms with Crippen molar-refractivity contribution in [3.8, 4) is 5.75 Å². The van der Waals surface area contributed by atoms with Crippen LogP contribution in [0.4, 0.5) is 5.69 Å². The van der Waals surface area contributed by atoms with Gasteiger partial charge >= 0.3 is 0 Å². The van der Waals surface area contributed by atoms with Crippen molar-refractivity contribution in [2.45, 2.75) is 66.4 Å². The maximum atomic E-state index is 13.7. The molecule has 0 radical (unpaired) electrons. The van der Waals surface area contributed by atoms with Gasteiger partial charge in [-0.2, -0.15) is 0 Å². The van der Waals surface area contributed by atoms with Gasteiger partial charge in [0.05, 0.1) is 30.2 Å². The summed E-state index contributed by atoms with van der Waals surface area (Å²) in [7, 11) is 0. The molecule has 2 aromatic carbocycles. The number of anilines is 1. The van der Waals surface area contributed by atoms with E-state index in [4.69, 9.17) is 4.74 Å². The minimum absolute atomic E-state index is 0.0229. The fraction of sp³-hybridized carbons (Fsp3) is 0.455. The van der Waals surface area contributed by atoms with Gasteiger partial charge in [-0.05, 0) is 92.0 Å². The molecule has 1 N–H and O–H groups in total. The van der Waals surface area contributed by atoms with Crippen LogP contribution in [0.2, 0.25) is 0 Å². The fourth-order valence-corrected chi connectivity index (χ4v) is 6.77. The zero-order valence-electron chi connectivity index (χ0n) is 23.2. The first kappa shape index (κ1) is 26.4. The third-order valence-corrected chi connectivity index (χ3v) is 8.72. The molecule has 3 aliphatic rings. The van der Waals surface area contributed by atoms with Gasteiger partial charge in [0.1, 0.15) is 5.75 Å². The first-order valence-corrected chi connectivity index (χ1v) is 14.0. The Morgan fingerprint density at radius 1 is 1.08 bits per heavy atom.